The molecule has 8 heteroatoms. The number of methoxy groups -OCH3 is 1. The summed E-state index contributed by atoms with van der Waals surface area (Å²) in [4.78, 5) is 23.5. The maximum atomic E-state index is 12.7. The average Bonchev–Trinajstić information content (AvgIpc) is 3.61. The predicted octanol–water partition coefficient (Wildman–Crippen LogP) is 1.87. The zero-order valence-corrected chi connectivity index (χ0v) is 15.8. The molecule has 1 unspecified atom stereocenters. The molecule has 0 bridgehead atoms. The number of nitrogens with one attached hydrogen (secondary N) is 2. The lowest BCUT2D eigenvalue weighted by Gasteiger charge is -2.29. The fourth-order valence-electron chi connectivity index (χ4n) is 3.53. The number of aromatic amines is 1. The zero-order chi connectivity index (χ0) is 18.8. The van der Waals surface area contributed by atoms with Crippen LogP contribution in [0.25, 0.3) is 0 Å². The molecule has 4 rings (SSSR count). The first-order valence-corrected chi connectivity index (χ1v) is 9.51. The van der Waals surface area contributed by atoms with Crippen LogP contribution in [-0.2, 0) is 11.3 Å². The molecule has 2 aromatic rings. The van der Waals surface area contributed by atoms with E-state index in [2.05, 4.69) is 30.4 Å². The summed E-state index contributed by atoms with van der Waals surface area (Å²) in [5.74, 6) is 1.84. The number of likely N-dealkylation sites (N-methyl/N-ethyl adjacent to an activating group) is 1. The monoisotopic (exact) mass is 370 g/mol. The van der Waals surface area contributed by atoms with Crippen molar-refractivity contribution in [2.45, 2.75) is 44.2 Å². The van der Waals surface area contributed by atoms with E-state index in [1.165, 1.54) is 12.8 Å². The van der Waals surface area contributed by atoms with Gasteiger partial charge in [0.2, 0.25) is 0 Å². The van der Waals surface area contributed by atoms with Crippen molar-refractivity contribution in [2.24, 2.45) is 5.92 Å². The number of ether oxygens (including phenoxy) is 1. The van der Waals surface area contributed by atoms with Crippen molar-refractivity contribution in [3.63, 3.8) is 0 Å². The summed E-state index contributed by atoms with van der Waals surface area (Å²) in [5.41, 5.74) is 2.50. The Labute approximate surface area is 158 Å². The number of hydrogen-bond acceptors (Lipinski definition) is 6. The quantitative estimate of drug-likeness (QED) is 0.700. The molecule has 2 aromatic heterocycles. The third-order valence-electron chi connectivity index (χ3n) is 5.40. The molecule has 2 saturated carbocycles. The largest absolute Gasteiger partial charge is 0.378 e. The van der Waals surface area contributed by atoms with Crippen LogP contribution >= 0.6 is 0 Å². The molecule has 8 nitrogen and oxygen atoms in total. The first-order valence-electron chi connectivity index (χ1n) is 9.51. The number of H-pyrrole nitrogens is 1. The van der Waals surface area contributed by atoms with E-state index in [9.17, 15) is 4.79 Å². The summed E-state index contributed by atoms with van der Waals surface area (Å²) < 4.78 is 5.16. The molecule has 0 aliphatic heterocycles. The Hall–Kier alpha value is -2.48. The van der Waals surface area contributed by atoms with Crippen LogP contribution in [0.3, 0.4) is 0 Å². The van der Waals surface area contributed by atoms with Crippen LogP contribution in [0.5, 0.6) is 0 Å². The molecular weight excluding hydrogens is 344 g/mol. The number of hydrogen-bond donors (Lipinski definition) is 2. The molecule has 27 heavy (non-hydrogen) atoms. The Morgan fingerprint density at radius 1 is 1.37 bits per heavy atom. The third kappa shape index (κ3) is 4.10. The minimum atomic E-state index is -0.0486. The number of amides is 1. The van der Waals surface area contributed by atoms with Gasteiger partial charge in [0.25, 0.3) is 5.91 Å². The number of anilines is 1. The van der Waals surface area contributed by atoms with Gasteiger partial charge in [0.1, 0.15) is 12.1 Å². The smallest absolute Gasteiger partial charge is 0.254 e. The van der Waals surface area contributed by atoms with Crippen molar-refractivity contribution in [3.8, 4) is 0 Å². The summed E-state index contributed by atoms with van der Waals surface area (Å²) in [5, 5.41) is 10.2. The highest BCUT2D eigenvalue weighted by atomic mass is 16.5. The van der Waals surface area contributed by atoms with Gasteiger partial charge in [-0.05, 0) is 31.6 Å². The minimum Gasteiger partial charge on any atom is -0.378 e. The van der Waals surface area contributed by atoms with Crippen molar-refractivity contribution < 1.29 is 9.53 Å². The number of carbonyl (C=O) groups excluding carboxylic acids is 1. The number of rotatable bonds is 9. The third-order valence-corrected chi connectivity index (χ3v) is 5.40. The lowest BCUT2D eigenvalue weighted by molar-refractivity contribution is 0.0949. The van der Waals surface area contributed by atoms with E-state index in [0.29, 0.717) is 30.6 Å². The fourth-order valence-corrected chi connectivity index (χ4v) is 3.53. The summed E-state index contributed by atoms with van der Waals surface area (Å²) >= 11 is 0. The highest BCUT2D eigenvalue weighted by molar-refractivity contribution is 5.95. The molecule has 0 saturated heterocycles. The van der Waals surface area contributed by atoms with Gasteiger partial charge in [-0.25, -0.2) is 9.97 Å². The first kappa shape index (κ1) is 17.9. The molecule has 1 amide bonds. The van der Waals surface area contributed by atoms with Crippen LogP contribution in [0.2, 0.25) is 0 Å². The second-order valence-electron chi connectivity index (χ2n) is 7.50. The van der Waals surface area contributed by atoms with Crippen LogP contribution in [-0.4, -0.2) is 52.8 Å². The lowest BCUT2D eigenvalue weighted by Crippen LogP contribution is -2.44. The molecule has 144 valence electrons. The Kier molecular flexibility index (Phi) is 5.07. The highest BCUT2D eigenvalue weighted by Crippen LogP contribution is 2.40. The van der Waals surface area contributed by atoms with Gasteiger partial charge in [0.15, 0.2) is 0 Å². The van der Waals surface area contributed by atoms with Gasteiger partial charge in [-0.2, -0.15) is 5.10 Å². The van der Waals surface area contributed by atoms with Crippen LogP contribution in [0.1, 0.15) is 53.3 Å². The van der Waals surface area contributed by atoms with E-state index < -0.39 is 0 Å². The van der Waals surface area contributed by atoms with Gasteiger partial charge in [-0.15, -0.1) is 0 Å². The molecular formula is C19H26N6O2. The second kappa shape index (κ2) is 7.64. The second-order valence-corrected chi connectivity index (χ2v) is 7.50. The minimum absolute atomic E-state index is 0.0486. The van der Waals surface area contributed by atoms with E-state index in [1.54, 1.807) is 19.6 Å². The number of nitrogens with zero attached hydrogens (tertiary/aromatic N) is 4. The van der Waals surface area contributed by atoms with Gasteiger partial charge >= 0.3 is 0 Å². The molecule has 2 aliphatic carbocycles. The molecule has 0 aromatic carbocycles. The van der Waals surface area contributed by atoms with Crippen LogP contribution in [0.15, 0.2) is 18.6 Å². The van der Waals surface area contributed by atoms with Crippen LogP contribution in [0, 0.1) is 5.92 Å². The Morgan fingerprint density at radius 3 is 2.89 bits per heavy atom. The van der Waals surface area contributed by atoms with Gasteiger partial charge < -0.3 is 15.0 Å². The van der Waals surface area contributed by atoms with Crippen molar-refractivity contribution in [2.75, 3.05) is 25.6 Å². The number of carbonyl (C=O) groups is 1. The van der Waals surface area contributed by atoms with Gasteiger partial charge in [-0.3, -0.25) is 9.89 Å². The maximum absolute atomic E-state index is 12.7. The van der Waals surface area contributed by atoms with Crippen molar-refractivity contribution in [3.05, 3.63) is 35.5 Å². The SMILES string of the molecule is COCc1cc(N(C)C(CNC(=O)c2cn[nH]c2C2CC2)C2CC2)ncn1. The van der Waals surface area contributed by atoms with E-state index >= 15 is 0 Å². The molecule has 2 heterocycles. The van der Waals surface area contributed by atoms with Crippen LogP contribution in [0.4, 0.5) is 5.82 Å². The van der Waals surface area contributed by atoms with Gasteiger partial charge in [-0.1, -0.05) is 0 Å². The molecule has 2 N–H and O–H groups in total. The van der Waals surface area contributed by atoms with Crippen molar-refractivity contribution >= 4 is 11.7 Å². The average molecular weight is 370 g/mol. The van der Waals surface area contributed by atoms with E-state index in [1.807, 2.05) is 13.1 Å². The Bertz CT molecular complexity index is 799. The molecule has 2 aliphatic rings. The summed E-state index contributed by atoms with van der Waals surface area (Å²) in [7, 11) is 3.68. The van der Waals surface area contributed by atoms with Gasteiger partial charge in [0.05, 0.1) is 35.8 Å². The fraction of sp³-hybridized carbons (Fsp3) is 0.579. The first-order chi connectivity index (χ1) is 13.2. The maximum Gasteiger partial charge on any atom is 0.254 e. The topological polar surface area (TPSA) is 96.0 Å². The van der Waals surface area contributed by atoms with Gasteiger partial charge in [0, 0.05) is 32.7 Å². The summed E-state index contributed by atoms with van der Waals surface area (Å²) in [6, 6.07) is 2.15. The van der Waals surface area contributed by atoms with E-state index in [0.717, 1.165) is 30.0 Å². The summed E-state index contributed by atoms with van der Waals surface area (Å²) in [6.45, 7) is 1.04. The van der Waals surface area contributed by atoms with E-state index in [-0.39, 0.29) is 11.9 Å². The normalized spacial score (nSPS) is 17.6. The molecule has 0 radical (unpaired) electrons. The lowest BCUT2D eigenvalue weighted by atomic mass is 10.1. The standard InChI is InChI=1S/C19H26N6O2/c1-25(17-7-14(10-27-2)21-11-22-17)16(12-3-4-12)9-20-19(26)15-8-23-24-18(15)13-5-6-13/h7-8,11-13,16H,3-6,9-10H2,1-2H3,(H,20,26)(H,23,24). The zero-order valence-electron chi connectivity index (χ0n) is 15.8. The summed E-state index contributed by atoms with van der Waals surface area (Å²) in [6.07, 6.45) is 7.83. The Morgan fingerprint density at radius 2 is 2.19 bits per heavy atom. The molecule has 0 spiro atoms. The van der Waals surface area contributed by atoms with E-state index in [4.69, 9.17) is 4.74 Å². The molecule has 2 fully saturated rings. The molecule has 1 atom stereocenters. The predicted molar refractivity (Wildman–Crippen MR) is 101 cm³/mol. The highest BCUT2D eigenvalue weighted by Gasteiger charge is 2.35. The number of aromatic nitrogens is 4. The van der Waals surface area contributed by atoms with Crippen molar-refractivity contribution in [1.29, 1.82) is 0 Å². The van der Waals surface area contributed by atoms with Crippen LogP contribution < -0.4 is 10.2 Å². The van der Waals surface area contributed by atoms with Crippen molar-refractivity contribution in [1.82, 2.24) is 25.5 Å². The Balaban J connectivity index is 1.42.